The van der Waals surface area contributed by atoms with E-state index in [-0.39, 0.29) is 0 Å². The van der Waals surface area contributed by atoms with Crippen LogP contribution in [0.3, 0.4) is 0 Å². The maximum Gasteiger partial charge on any atom is 0.116 e. The molecular weight excluding hydrogens is 166 g/mol. The van der Waals surface area contributed by atoms with Gasteiger partial charge in [0.1, 0.15) is 6.29 Å². The number of nitrogens with two attached hydrogens (primary N) is 1. The molecule has 0 fully saturated rings. The second-order valence-corrected chi connectivity index (χ2v) is 2.82. The second-order valence-electron chi connectivity index (χ2n) is 2.82. The smallest absolute Gasteiger partial charge is 0.116 e. The van der Waals surface area contributed by atoms with E-state index in [0.717, 1.165) is 6.29 Å². The highest BCUT2D eigenvalue weighted by Gasteiger charge is 2.11. The Morgan fingerprint density at radius 1 is 1.54 bits per heavy atom. The summed E-state index contributed by atoms with van der Waals surface area (Å²) in [6, 6.07) is 0. The Morgan fingerprint density at radius 2 is 2.08 bits per heavy atom. The van der Waals surface area contributed by atoms with Gasteiger partial charge in [0.05, 0.1) is 5.60 Å². The van der Waals surface area contributed by atoms with Gasteiger partial charge in [-0.05, 0) is 38.2 Å². The molecule has 0 amide bonds. The molecule has 0 saturated carbocycles. The fraction of sp³-hybridized carbons (Fsp3) is 0.300. The van der Waals surface area contributed by atoms with E-state index >= 15 is 0 Å². The number of rotatable bonds is 0. The number of carbonyl (C=O) groups excluding carboxylic acids is 1. The average Bonchev–Trinajstić information content (AvgIpc) is 2.15. The zero-order valence-electron chi connectivity index (χ0n) is 7.90. The van der Waals surface area contributed by atoms with Crippen LogP contribution >= 0.6 is 0 Å². The fourth-order valence-corrected chi connectivity index (χ4v) is 0.730. The molecule has 0 radical (unpaired) electrons. The molecule has 3 nitrogen and oxygen atoms in total. The van der Waals surface area contributed by atoms with Crippen molar-refractivity contribution in [3.05, 3.63) is 36.1 Å². The summed E-state index contributed by atoms with van der Waals surface area (Å²) in [6.07, 6.45) is 9.28. The van der Waals surface area contributed by atoms with Crippen molar-refractivity contribution in [1.29, 1.82) is 0 Å². The Bertz CT molecular complexity index is 250. The van der Waals surface area contributed by atoms with Crippen LogP contribution in [-0.2, 0) is 4.79 Å². The topological polar surface area (TPSA) is 63.3 Å². The highest BCUT2D eigenvalue weighted by atomic mass is 16.3. The van der Waals surface area contributed by atoms with Crippen molar-refractivity contribution in [2.45, 2.75) is 19.4 Å². The molecule has 1 atom stereocenters. The van der Waals surface area contributed by atoms with Gasteiger partial charge < -0.3 is 15.6 Å². The highest BCUT2D eigenvalue weighted by molar-refractivity contribution is 5.44. The third-order valence-corrected chi connectivity index (χ3v) is 1.34. The van der Waals surface area contributed by atoms with E-state index in [0.29, 0.717) is 5.70 Å². The summed E-state index contributed by atoms with van der Waals surface area (Å²) in [5.74, 6) is 0. The van der Waals surface area contributed by atoms with E-state index in [1.165, 1.54) is 6.92 Å². The van der Waals surface area contributed by atoms with Crippen LogP contribution in [0.15, 0.2) is 36.1 Å². The summed E-state index contributed by atoms with van der Waals surface area (Å²) >= 11 is 0. The Labute approximate surface area is 78.3 Å². The average molecular weight is 181 g/mol. The molecule has 0 aromatic carbocycles. The largest absolute Gasteiger partial charge is 0.399 e. The zero-order valence-corrected chi connectivity index (χ0v) is 7.90. The molecule has 1 rings (SSSR count). The predicted octanol–water partition coefficient (Wildman–Crippen LogP) is 0.911. The van der Waals surface area contributed by atoms with Crippen molar-refractivity contribution in [3.63, 3.8) is 0 Å². The first kappa shape index (κ1) is 11.6. The maximum atomic E-state index is 9.41. The van der Waals surface area contributed by atoms with Gasteiger partial charge in [-0.15, -0.1) is 0 Å². The number of aliphatic hydroxyl groups is 1. The SMILES string of the molecule is CC1(O)C=CC=C(N)C=C1.CC=O. The van der Waals surface area contributed by atoms with Crippen LogP contribution in [0.4, 0.5) is 0 Å². The molecule has 0 spiro atoms. The molecule has 0 heterocycles. The molecule has 0 saturated heterocycles. The highest BCUT2D eigenvalue weighted by Crippen LogP contribution is 2.11. The first-order valence-electron chi connectivity index (χ1n) is 3.98. The number of carbonyl (C=O) groups is 1. The van der Waals surface area contributed by atoms with E-state index in [4.69, 9.17) is 10.5 Å². The standard InChI is InChI=1S/C8H11NO.C2H4O/c1-8(10)5-2-3-7(9)4-6-8;1-2-3/h2-6,10H,9H2,1H3;2H,1H3. The third-order valence-electron chi connectivity index (χ3n) is 1.34. The molecule has 3 N–H and O–H groups in total. The summed E-state index contributed by atoms with van der Waals surface area (Å²) in [5, 5.41) is 9.41. The summed E-state index contributed by atoms with van der Waals surface area (Å²) < 4.78 is 0. The van der Waals surface area contributed by atoms with Crippen molar-refractivity contribution >= 4 is 6.29 Å². The van der Waals surface area contributed by atoms with E-state index in [2.05, 4.69) is 0 Å². The molecule has 72 valence electrons. The molecule has 1 unspecified atom stereocenters. The van der Waals surface area contributed by atoms with Gasteiger partial charge in [0.2, 0.25) is 0 Å². The first-order valence-corrected chi connectivity index (χ1v) is 3.98. The van der Waals surface area contributed by atoms with E-state index < -0.39 is 5.60 Å². The van der Waals surface area contributed by atoms with Crippen molar-refractivity contribution < 1.29 is 9.90 Å². The summed E-state index contributed by atoms with van der Waals surface area (Å²) in [7, 11) is 0. The van der Waals surface area contributed by atoms with Gasteiger partial charge in [0, 0.05) is 5.70 Å². The maximum absolute atomic E-state index is 9.41. The fourth-order valence-electron chi connectivity index (χ4n) is 0.730. The molecule has 0 aromatic heterocycles. The van der Waals surface area contributed by atoms with Gasteiger partial charge in [-0.25, -0.2) is 0 Å². The van der Waals surface area contributed by atoms with Gasteiger partial charge in [0.15, 0.2) is 0 Å². The molecular formula is C10H15NO2. The molecule has 1 aliphatic carbocycles. The molecule has 0 aromatic rings. The number of aldehydes is 1. The lowest BCUT2D eigenvalue weighted by molar-refractivity contribution is -0.106. The number of hydrogen-bond acceptors (Lipinski definition) is 3. The van der Waals surface area contributed by atoms with Crippen molar-refractivity contribution in [1.82, 2.24) is 0 Å². The van der Waals surface area contributed by atoms with Crippen LogP contribution in [0, 0.1) is 0 Å². The predicted molar refractivity (Wildman–Crippen MR) is 52.9 cm³/mol. The second kappa shape index (κ2) is 5.32. The summed E-state index contributed by atoms with van der Waals surface area (Å²) in [6.45, 7) is 3.15. The first-order chi connectivity index (χ1) is 6.02. The van der Waals surface area contributed by atoms with Crippen LogP contribution in [0.1, 0.15) is 13.8 Å². The number of allylic oxidation sites excluding steroid dienone is 3. The minimum atomic E-state index is -0.850. The lowest BCUT2D eigenvalue weighted by Crippen LogP contribution is -2.15. The zero-order chi connectivity index (χ0) is 10.3. The van der Waals surface area contributed by atoms with E-state index in [1.807, 2.05) is 0 Å². The van der Waals surface area contributed by atoms with Gasteiger partial charge in [0.25, 0.3) is 0 Å². The molecule has 0 bridgehead atoms. The molecule has 0 aliphatic heterocycles. The van der Waals surface area contributed by atoms with Crippen molar-refractivity contribution in [2.24, 2.45) is 5.73 Å². The minimum absolute atomic E-state index is 0.661. The normalized spacial score (nSPS) is 25.3. The Hall–Kier alpha value is -1.35. The minimum Gasteiger partial charge on any atom is -0.399 e. The van der Waals surface area contributed by atoms with Crippen molar-refractivity contribution in [2.75, 3.05) is 0 Å². The van der Waals surface area contributed by atoms with Crippen LogP contribution < -0.4 is 5.73 Å². The summed E-state index contributed by atoms with van der Waals surface area (Å²) in [4.78, 5) is 8.81. The van der Waals surface area contributed by atoms with Gasteiger partial charge in [-0.3, -0.25) is 0 Å². The van der Waals surface area contributed by atoms with Crippen molar-refractivity contribution in [3.8, 4) is 0 Å². The molecule has 3 heteroatoms. The van der Waals surface area contributed by atoms with Crippen LogP contribution in [-0.4, -0.2) is 17.0 Å². The van der Waals surface area contributed by atoms with Crippen LogP contribution in [0.2, 0.25) is 0 Å². The van der Waals surface area contributed by atoms with Crippen LogP contribution in [0.5, 0.6) is 0 Å². The molecule has 1 aliphatic rings. The van der Waals surface area contributed by atoms with Gasteiger partial charge in [-0.2, -0.15) is 0 Å². The van der Waals surface area contributed by atoms with E-state index in [1.54, 1.807) is 37.3 Å². The monoisotopic (exact) mass is 181 g/mol. The Balaban J connectivity index is 0.000000424. The van der Waals surface area contributed by atoms with Gasteiger partial charge in [-0.1, -0.05) is 6.08 Å². The summed E-state index contributed by atoms with van der Waals surface area (Å²) in [5.41, 5.74) is 5.28. The van der Waals surface area contributed by atoms with Crippen LogP contribution in [0.25, 0.3) is 0 Å². The number of hydrogen-bond donors (Lipinski definition) is 2. The Morgan fingerprint density at radius 3 is 2.62 bits per heavy atom. The Kier molecular flexibility index (Phi) is 4.77. The van der Waals surface area contributed by atoms with E-state index in [9.17, 15) is 5.11 Å². The lowest BCUT2D eigenvalue weighted by Gasteiger charge is -2.10. The lowest BCUT2D eigenvalue weighted by atomic mass is 10.1. The van der Waals surface area contributed by atoms with Gasteiger partial charge >= 0.3 is 0 Å². The molecule has 13 heavy (non-hydrogen) atoms. The quantitative estimate of drug-likeness (QED) is 0.546. The third kappa shape index (κ3) is 5.87.